The van der Waals surface area contributed by atoms with Crippen molar-refractivity contribution in [1.29, 1.82) is 0 Å². The van der Waals surface area contributed by atoms with Crippen LogP contribution >= 0.6 is 23.2 Å². The van der Waals surface area contributed by atoms with Crippen LogP contribution in [0, 0.1) is 29.1 Å². The maximum absolute atomic E-state index is 13.0. The zero-order valence-corrected chi connectivity index (χ0v) is 78.8. The monoisotopic (exact) mass is 1950 g/mol. The van der Waals surface area contributed by atoms with Gasteiger partial charge < -0.3 is 61.6 Å². The molecule has 15 rings (SSSR count). The molecule has 15 aromatic rings. The number of carboxylic acids is 1. The van der Waals surface area contributed by atoms with E-state index in [0.29, 0.717) is 83.7 Å². The molecule has 27 nitrogen and oxygen atoms in total. The number of rotatable bonds is 22. The van der Waals surface area contributed by atoms with Crippen LogP contribution in [0.25, 0.3) is 11.5 Å². The SMILES string of the molecule is CC(=O)c1ccc[nH]1.CC(=O)c1cccn1C(=O)OC(C)(C)C.CC(=O)c1cccn1C(=O)OC(C)(C)C.CC(C)(C)OC(=O)n1cccc1/C(O)=C/C(=O)c1ccc(Cc2ccc(F)cc2)o1.O=C(/C=C(\O)c1ccc[nH]1)c1ccc(Cc2ccc(F)cc2)o1.O=C(Cl)c1ccc(Cc2ccc(F)cc2)o1.O=C(Cl)c1ccc(Cc2ccc(F)cc2)o1.O=C(O)c1ccc(Cc2ccc(F)cc2)o1. The van der Waals surface area contributed by atoms with Crippen molar-refractivity contribution in [3.05, 3.63) is 429 Å². The lowest BCUT2D eigenvalue weighted by Gasteiger charge is -2.20. The van der Waals surface area contributed by atoms with Gasteiger partial charge in [-0.05, 0) is 295 Å². The number of allylic oxidation sites excluding steroid dienone is 2. The average Bonchev–Trinajstić information content (AvgIpc) is 1.72. The molecule has 0 aliphatic heterocycles. The van der Waals surface area contributed by atoms with Crippen molar-refractivity contribution in [2.45, 2.75) is 132 Å². The highest BCUT2D eigenvalue weighted by Gasteiger charge is 2.25. The number of halogens is 7. The molecule has 10 heterocycles. The summed E-state index contributed by atoms with van der Waals surface area (Å²) in [6, 6.07) is 62.5. The average molecular weight is 1950 g/mol. The molecule has 0 radical (unpaired) electrons. The number of carbonyl (C=O) groups excluding carboxylic acids is 10. The van der Waals surface area contributed by atoms with Crippen LogP contribution in [-0.2, 0) is 46.3 Å². The van der Waals surface area contributed by atoms with Gasteiger partial charge in [0.05, 0.1) is 28.5 Å². The van der Waals surface area contributed by atoms with E-state index in [1.165, 1.54) is 139 Å². The highest BCUT2D eigenvalue weighted by molar-refractivity contribution is 6.67. The van der Waals surface area contributed by atoms with Crippen LogP contribution < -0.4 is 0 Å². The molecule has 0 saturated carbocycles. The van der Waals surface area contributed by atoms with Crippen molar-refractivity contribution >= 4 is 98.4 Å². The minimum atomic E-state index is -1.09. The molecule has 0 fully saturated rings. The molecule has 0 aliphatic rings. The molecule has 0 atom stereocenters. The Hall–Kier alpha value is -16.2. The predicted molar refractivity (Wildman–Crippen MR) is 507 cm³/mol. The van der Waals surface area contributed by atoms with Crippen molar-refractivity contribution in [2.24, 2.45) is 0 Å². The summed E-state index contributed by atoms with van der Waals surface area (Å²) < 4.78 is 109. The lowest BCUT2D eigenvalue weighted by molar-refractivity contribution is 0.0519. The number of aromatic carboxylic acids is 1. The normalized spacial score (nSPS) is 11.0. The number of ketones is 5. The molecule has 724 valence electrons. The van der Waals surface area contributed by atoms with E-state index >= 15 is 0 Å². The number of nitrogens with zero attached hydrogens (tertiary/aromatic N) is 3. The summed E-state index contributed by atoms with van der Waals surface area (Å²) in [5.41, 5.74) is 4.49. The quantitative estimate of drug-likeness (QED) is 0.0105. The first-order valence-corrected chi connectivity index (χ1v) is 43.1. The van der Waals surface area contributed by atoms with Gasteiger partial charge in [-0.25, -0.2) is 54.8 Å². The Morgan fingerprint density at radius 2 is 0.568 bits per heavy atom. The molecule has 0 aliphatic carbocycles. The summed E-state index contributed by atoms with van der Waals surface area (Å²) in [5, 5.41) is 27.6. The van der Waals surface area contributed by atoms with Gasteiger partial charge in [0.25, 0.3) is 10.5 Å². The van der Waals surface area contributed by atoms with Gasteiger partial charge in [0.15, 0.2) is 40.4 Å². The number of aliphatic hydroxyl groups excluding tert-OH is 2. The van der Waals surface area contributed by atoms with Crippen LogP contribution in [0.3, 0.4) is 0 Å². The smallest absolute Gasteiger partial charge is 0.419 e. The Morgan fingerprint density at radius 1 is 0.317 bits per heavy atom. The van der Waals surface area contributed by atoms with Gasteiger partial charge in [0, 0.05) is 96.0 Å². The van der Waals surface area contributed by atoms with Gasteiger partial charge in [-0.15, -0.1) is 0 Å². The molecule has 0 amide bonds. The lowest BCUT2D eigenvalue weighted by atomic mass is 10.1. The standard InChI is InChI=1S/C23H22FNO5.C18H14FNO3.2C12H8ClFO2.C12H9FO3.2C11H15NO3.C6H7NO/c1-23(2,3)30-22(28)25-12-4-5-18(25)19(26)14-20(27)21-11-10-17(29-21)13-15-6-8-16(24)9-7-15;19-13-5-3-12(4-6-13)10-14-7-8-18(23-14)17(22)11-16(21)15-2-1-9-20-15;2*13-12(15)11-6-5-10(16-11)7-8-1-3-9(14)4-2-8;13-9-3-1-8(2-4-9)7-10-5-6-11(16-10)12(14)15;2*1-8(13)9-6-5-7-12(9)10(14)15-11(2,3)4;1-5(8)6-3-2-4-7-6/h4-12,14,26H,13H2,1-3H3;1-9,11,20-21H,10H2;2*1-6H,7H2;1-6H,7H2,(H,14,15);2*5-7H,1-4H3;2-4,7H,1H3/b19-14-;16-11-;;;;;;. The molecule has 34 heteroatoms. The maximum Gasteiger partial charge on any atom is 0.419 e. The number of aromatic amines is 2. The number of carboxylic acid groups (broad SMARTS) is 1. The topological polar surface area (TPSA) is 388 Å². The van der Waals surface area contributed by atoms with E-state index in [9.17, 15) is 84.9 Å². The minimum absolute atomic E-state index is 0.0361. The fraction of sp³-hybridized carbons (Fsp3) is 0.190. The van der Waals surface area contributed by atoms with Crippen molar-refractivity contribution < 1.29 is 126 Å². The third-order valence-electron chi connectivity index (χ3n) is 18.2. The molecule has 139 heavy (non-hydrogen) atoms. The molecule has 0 saturated heterocycles. The van der Waals surface area contributed by atoms with Gasteiger partial charge in [-0.2, -0.15) is 0 Å². The van der Waals surface area contributed by atoms with E-state index in [1.807, 2.05) is 0 Å². The predicted octanol–water partition coefficient (Wildman–Crippen LogP) is 25.1. The molecule has 0 spiro atoms. The summed E-state index contributed by atoms with van der Waals surface area (Å²) in [7, 11) is 0. The molecule has 0 unspecified atom stereocenters. The zero-order valence-electron chi connectivity index (χ0n) is 77.3. The fourth-order valence-electron chi connectivity index (χ4n) is 11.9. The van der Waals surface area contributed by atoms with Crippen LogP contribution in [0.4, 0.5) is 36.3 Å². The molecular formula is C105H98Cl2F5N5O22. The van der Waals surface area contributed by atoms with Gasteiger partial charge in [0.2, 0.25) is 17.3 Å². The number of carbonyl (C=O) groups is 11. The summed E-state index contributed by atoms with van der Waals surface area (Å²) in [4.78, 5) is 131. The van der Waals surface area contributed by atoms with Crippen LogP contribution in [0.1, 0.15) is 235 Å². The van der Waals surface area contributed by atoms with E-state index in [0.717, 1.165) is 44.5 Å². The number of aliphatic hydroxyl groups is 2. The third kappa shape index (κ3) is 36.8. The highest BCUT2D eigenvalue weighted by atomic mass is 35.5. The second-order valence-corrected chi connectivity index (χ2v) is 33.7. The summed E-state index contributed by atoms with van der Waals surface area (Å²) in [6.07, 6.45) is 10.5. The first kappa shape index (κ1) is 108. The summed E-state index contributed by atoms with van der Waals surface area (Å²) >= 11 is 10.5. The number of furan rings is 5. The van der Waals surface area contributed by atoms with Crippen molar-refractivity contribution in [1.82, 2.24) is 23.7 Å². The van der Waals surface area contributed by atoms with Gasteiger partial charge in [-0.3, -0.25) is 33.6 Å². The van der Waals surface area contributed by atoms with E-state index in [1.54, 1.807) is 226 Å². The Balaban J connectivity index is 0.000000199. The number of H-pyrrole nitrogens is 2. The molecule has 5 aromatic carbocycles. The number of nitrogens with one attached hydrogen (secondary N) is 2. The zero-order chi connectivity index (χ0) is 102. The van der Waals surface area contributed by atoms with Gasteiger partial charge in [0.1, 0.15) is 86.2 Å². The van der Waals surface area contributed by atoms with Crippen molar-refractivity contribution in [3.63, 3.8) is 0 Å². The number of aromatic nitrogens is 5. The molecule has 0 bridgehead atoms. The lowest BCUT2D eigenvalue weighted by Crippen LogP contribution is -2.28. The summed E-state index contributed by atoms with van der Waals surface area (Å²) in [5.74, 6) is -1.12. The second kappa shape index (κ2) is 50.9. The largest absolute Gasteiger partial charge is 0.506 e. The first-order chi connectivity index (χ1) is 65.6. The van der Waals surface area contributed by atoms with Crippen LogP contribution in [0.15, 0.2) is 308 Å². The van der Waals surface area contributed by atoms with Crippen LogP contribution in [0.5, 0.6) is 0 Å². The van der Waals surface area contributed by atoms with E-state index in [4.69, 9.17) is 64.6 Å². The van der Waals surface area contributed by atoms with Gasteiger partial charge >= 0.3 is 24.2 Å². The highest BCUT2D eigenvalue weighted by Crippen LogP contribution is 2.25. The van der Waals surface area contributed by atoms with Gasteiger partial charge in [-0.1, -0.05) is 60.7 Å². The Labute approximate surface area is 804 Å². The number of Topliss-reactive ketones (excluding diaryl/α,β-unsaturated/α-hetero) is 3. The van der Waals surface area contributed by atoms with Crippen LogP contribution in [-0.4, -0.2) is 119 Å². The minimum Gasteiger partial charge on any atom is -0.506 e. The maximum atomic E-state index is 13.0. The Kier molecular flexibility index (Phi) is 39.6. The van der Waals surface area contributed by atoms with Crippen molar-refractivity contribution in [2.75, 3.05) is 0 Å². The molecular weight excluding hydrogens is 1850 g/mol. The second-order valence-electron chi connectivity index (χ2n) is 33.1. The van der Waals surface area contributed by atoms with Crippen LogP contribution in [0.2, 0.25) is 0 Å². The van der Waals surface area contributed by atoms with E-state index in [2.05, 4.69) is 9.97 Å². The first-order valence-electron chi connectivity index (χ1n) is 42.3. The fourth-order valence-corrected chi connectivity index (χ4v) is 12.1. The van der Waals surface area contributed by atoms with E-state index in [-0.39, 0.29) is 86.7 Å². The Bertz CT molecular complexity index is 6400. The molecule has 5 N–H and O–H groups in total. The molecule has 10 aromatic heterocycles. The number of benzene rings is 5. The number of hydrogen-bond acceptors (Lipinski definition) is 21. The Morgan fingerprint density at radius 3 is 0.806 bits per heavy atom. The summed E-state index contributed by atoms with van der Waals surface area (Å²) in [6.45, 7) is 20.2. The third-order valence-corrected chi connectivity index (χ3v) is 18.6. The van der Waals surface area contributed by atoms with E-state index < -0.39 is 68.9 Å². The van der Waals surface area contributed by atoms with Crippen molar-refractivity contribution in [3.8, 4) is 0 Å². The number of hydrogen-bond donors (Lipinski definition) is 5. The number of ether oxygens (including phenoxy) is 3.